The molecule has 2 rings (SSSR count). The van der Waals surface area contributed by atoms with Gasteiger partial charge < -0.3 is 14.9 Å². The topological polar surface area (TPSA) is 105 Å². The van der Waals surface area contributed by atoms with E-state index in [9.17, 15) is 9.59 Å². The molecule has 0 unspecified atom stereocenters. The summed E-state index contributed by atoms with van der Waals surface area (Å²) < 4.78 is 4.76. The highest BCUT2D eigenvalue weighted by atomic mass is 16.5. The van der Waals surface area contributed by atoms with Crippen molar-refractivity contribution in [2.24, 2.45) is 0 Å². The van der Waals surface area contributed by atoms with Gasteiger partial charge in [0.2, 0.25) is 5.76 Å². The predicted octanol–water partition coefficient (Wildman–Crippen LogP) is 1.33. The molecule has 2 N–H and O–H groups in total. The van der Waals surface area contributed by atoms with Crippen LogP contribution in [0.1, 0.15) is 26.5 Å². The maximum absolute atomic E-state index is 11.8. The van der Waals surface area contributed by atoms with Gasteiger partial charge in [-0.25, -0.2) is 9.78 Å². The minimum atomic E-state index is -1.17. The number of aromatic carboxylic acids is 1. The van der Waals surface area contributed by atoms with E-state index in [0.717, 1.165) is 0 Å². The smallest absolute Gasteiger partial charge is 0.339 e. The van der Waals surface area contributed by atoms with Crippen LogP contribution in [-0.4, -0.2) is 27.1 Å². The van der Waals surface area contributed by atoms with E-state index in [1.807, 2.05) is 0 Å². The molecule has 7 heteroatoms. The van der Waals surface area contributed by atoms with E-state index in [-0.39, 0.29) is 17.1 Å². The first-order valence-electron chi connectivity index (χ1n) is 5.00. The Bertz CT molecular complexity index is 606. The highest BCUT2D eigenvalue weighted by Crippen LogP contribution is 2.14. The fourth-order valence-corrected chi connectivity index (χ4v) is 1.35. The summed E-state index contributed by atoms with van der Waals surface area (Å²) in [7, 11) is 0. The van der Waals surface area contributed by atoms with Gasteiger partial charge in [-0.1, -0.05) is 5.16 Å². The molecule has 0 aliphatic carbocycles. The number of carboxylic acid groups (broad SMARTS) is 1. The lowest BCUT2D eigenvalue weighted by Gasteiger charge is -2.05. The van der Waals surface area contributed by atoms with Crippen molar-refractivity contribution in [1.82, 2.24) is 10.1 Å². The summed E-state index contributed by atoms with van der Waals surface area (Å²) in [6.45, 7) is 1.65. The Hall–Kier alpha value is -2.70. The quantitative estimate of drug-likeness (QED) is 0.847. The van der Waals surface area contributed by atoms with Crippen LogP contribution in [0.25, 0.3) is 0 Å². The first-order chi connectivity index (χ1) is 8.59. The molecule has 2 aromatic rings. The largest absolute Gasteiger partial charge is 0.478 e. The Labute approximate surface area is 101 Å². The zero-order valence-electron chi connectivity index (χ0n) is 9.38. The van der Waals surface area contributed by atoms with Crippen LogP contribution in [0.5, 0.6) is 0 Å². The normalized spacial score (nSPS) is 10.1. The minimum absolute atomic E-state index is 0.0250. The summed E-state index contributed by atoms with van der Waals surface area (Å²) >= 11 is 0. The van der Waals surface area contributed by atoms with Gasteiger partial charge in [-0.15, -0.1) is 0 Å². The van der Waals surface area contributed by atoms with Crippen molar-refractivity contribution in [3.63, 3.8) is 0 Å². The summed E-state index contributed by atoms with van der Waals surface area (Å²) in [5.74, 6) is -1.78. The third-order valence-electron chi connectivity index (χ3n) is 2.22. The molecule has 0 saturated heterocycles. The van der Waals surface area contributed by atoms with Gasteiger partial charge in [0, 0.05) is 11.8 Å². The van der Waals surface area contributed by atoms with Crippen LogP contribution >= 0.6 is 0 Å². The van der Waals surface area contributed by atoms with Crippen LogP contribution in [0.4, 0.5) is 5.82 Å². The number of nitrogens with one attached hydrogen (secondary N) is 1. The summed E-state index contributed by atoms with van der Waals surface area (Å²) in [6, 6.07) is 2.82. The Morgan fingerprint density at radius 1 is 1.44 bits per heavy atom. The summed E-state index contributed by atoms with van der Waals surface area (Å²) in [6.07, 6.45) is 2.78. The molecule has 0 aliphatic heterocycles. The maximum atomic E-state index is 11.8. The zero-order chi connectivity index (χ0) is 13.1. The highest BCUT2D eigenvalue weighted by Gasteiger charge is 2.18. The molecule has 0 spiro atoms. The number of rotatable bonds is 3. The van der Waals surface area contributed by atoms with Crippen LogP contribution < -0.4 is 5.32 Å². The van der Waals surface area contributed by atoms with Gasteiger partial charge in [0.1, 0.15) is 11.4 Å². The van der Waals surface area contributed by atoms with Crippen molar-refractivity contribution in [2.75, 3.05) is 5.32 Å². The number of carbonyl (C=O) groups excluding carboxylic acids is 1. The van der Waals surface area contributed by atoms with Crippen LogP contribution in [0.3, 0.4) is 0 Å². The lowest BCUT2D eigenvalue weighted by atomic mass is 10.2. The average Bonchev–Trinajstić information content (AvgIpc) is 2.76. The van der Waals surface area contributed by atoms with Crippen molar-refractivity contribution in [3.05, 3.63) is 41.4 Å². The van der Waals surface area contributed by atoms with E-state index in [4.69, 9.17) is 9.63 Å². The fraction of sp³-hybridized carbons (Fsp3) is 0.0909. The molecule has 0 bridgehead atoms. The zero-order valence-corrected chi connectivity index (χ0v) is 9.38. The first kappa shape index (κ1) is 11.8. The summed E-state index contributed by atoms with van der Waals surface area (Å²) in [4.78, 5) is 26.5. The number of pyridine rings is 1. The molecule has 18 heavy (non-hydrogen) atoms. The van der Waals surface area contributed by atoms with Crippen molar-refractivity contribution < 1.29 is 19.2 Å². The Kier molecular flexibility index (Phi) is 3.05. The lowest BCUT2D eigenvalue weighted by Crippen LogP contribution is -2.16. The van der Waals surface area contributed by atoms with Crippen LogP contribution in [0.2, 0.25) is 0 Å². The molecule has 1 amide bonds. The van der Waals surface area contributed by atoms with Gasteiger partial charge in [0.15, 0.2) is 0 Å². The molecule has 0 aromatic carbocycles. The highest BCUT2D eigenvalue weighted by molar-refractivity contribution is 6.05. The van der Waals surface area contributed by atoms with E-state index in [2.05, 4.69) is 15.5 Å². The van der Waals surface area contributed by atoms with Gasteiger partial charge >= 0.3 is 5.97 Å². The molecule has 0 fully saturated rings. The number of aromatic nitrogens is 2. The van der Waals surface area contributed by atoms with E-state index < -0.39 is 11.9 Å². The molecule has 7 nitrogen and oxygen atoms in total. The van der Waals surface area contributed by atoms with Crippen LogP contribution in [0, 0.1) is 6.92 Å². The molecular formula is C11H9N3O4. The number of carbonyl (C=O) groups is 2. The van der Waals surface area contributed by atoms with E-state index in [0.29, 0.717) is 5.56 Å². The van der Waals surface area contributed by atoms with E-state index in [1.54, 1.807) is 6.92 Å². The summed E-state index contributed by atoms with van der Waals surface area (Å²) in [5, 5.41) is 14.8. The van der Waals surface area contributed by atoms with Crippen LogP contribution in [-0.2, 0) is 0 Å². The number of anilines is 1. The Morgan fingerprint density at radius 3 is 2.83 bits per heavy atom. The predicted molar refractivity (Wildman–Crippen MR) is 60.4 cm³/mol. The number of hydrogen-bond acceptors (Lipinski definition) is 5. The molecule has 2 heterocycles. The molecule has 0 saturated carbocycles. The number of hydrogen-bond donors (Lipinski definition) is 2. The number of amides is 1. The van der Waals surface area contributed by atoms with Gasteiger partial charge in [0.25, 0.3) is 5.91 Å². The fourth-order valence-electron chi connectivity index (χ4n) is 1.35. The third kappa shape index (κ3) is 2.19. The minimum Gasteiger partial charge on any atom is -0.478 e. The molecule has 92 valence electrons. The lowest BCUT2D eigenvalue weighted by molar-refractivity contribution is 0.0697. The second-order valence-electron chi connectivity index (χ2n) is 3.50. The van der Waals surface area contributed by atoms with Gasteiger partial charge in [0.05, 0.1) is 6.20 Å². The van der Waals surface area contributed by atoms with Crippen molar-refractivity contribution in [3.8, 4) is 0 Å². The Balaban J connectivity index is 2.28. The first-order valence-corrected chi connectivity index (χ1v) is 5.00. The second kappa shape index (κ2) is 4.66. The maximum Gasteiger partial charge on any atom is 0.339 e. The van der Waals surface area contributed by atoms with Crippen molar-refractivity contribution in [1.29, 1.82) is 0 Å². The second-order valence-corrected chi connectivity index (χ2v) is 3.50. The Morgan fingerprint density at radius 2 is 2.22 bits per heavy atom. The standard InChI is InChI=1S/C11H9N3O4/c1-6-5-13-18-8(6)10(15)14-9-7(11(16)17)3-2-4-12-9/h2-5H,1H3,(H,16,17)(H,12,14,15). The van der Waals surface area contributed by atoms with Crippen LogP contribution in [0.15, 0.2) is 29.0 Å². The molecule has 2 aromatic heterocycles. The average molecular weight is 247 g/mol. The number of nitrogens with zero attached hydrogens (tertiary/aromatic N) is 2. The summed E-state index contributed by atoms with van der Waals surface area (Å²) in [5.41, 5.74) is 0.461. The van der Waals surface area contributed by atoms with Crippen molar-refractivity contribution >= 4 is 17.7 Å². The molecular weight excluding hydrogens is 238 g/mol. The number of carboxylic acids is 1. The van der Waals surface area contributed by atoms with Crippen molar-refractivity contribution in [2.45, 2.75) is 6.92 Å². The number of aryl methyl sites for hydroxylation is 1. The SMILES string of the molecule is Cc1cnoc1C(=O)Nc1ncccc1C(=O)O. The van der Waals surface area contributed by atoms with Gasteiger partial charge in [-0.3, -0.25) is 4.79 Å². The van der Waals surface area contributed by atoms with E-state index in [1.165, 1.54) is 24.5 Å². The molecule has 0 aliphatic rings. The molecule has 0 radical (unpaired) electrons. The monoisotopic (exact) mass is 247 g/mol. The third-order valence-corrected chi connectivity index (χ3v) is 2.22. The molecule has 0 atom stereocenters. The van der Waals surface area contributed by atoms with Gasteiger partial charge in [-0.2, -0.15) is 0 Å². The van der Waals surface area contributed by atoms with E-state index >= 15 is 0 Å². The van der Waals surface area contributed by atoms with Gasteiger partial charge in [-0.05, 0) is 19.1 Å².